The molecule has 0 saturated carbocycles. The Kier molecular flexibility index (Phi) is 6.02. The molecule has 0 bridgehead atoms. The second-order valence-electron chi connectivity index (χ2n) is 8.52. The van der Waals surface area contributed by atoms with Crippen LogP contribution in [0.15, 0.2) is 70.3 Å². The summed E-state index contributed by atoms with van der Waals surface area (Å²) < 4.78 is 13.8. The normalized spacial score (nSPS) is 11.1. The summed E-state index contributed by atoms with van der Waals surface area (Å²) in [6.45, 7) is 4.88. The lowest BCUT2D eigenvalue weighted by molar-refractivity contribution is 0.466. The van der Waals surface area contributed by atoms with Crippen LogP contribution in [0, 0.1) is 18.3 Å². The molecule has 0 atom stereocenters. The number of fused-ring (bicyclic) bond motifs is 2. The quantitative estimate of drug-likeness (QED) is 0.205. The zero-order valence-electron chi connectivity index (χ0n) is 19.6. The Bertz CT molecular complexity index is 1630. The standard InChI is InChI=1S/C28H24N4O3/c1-3-4-5-12-32-16-23(20-8-6-19(15-29)7-9-20)26-27(32)30-17-31-28(26)34-21-10-11-22-18(2)13-25(33)35-24(22)14-21/h6-11,13-14,16-17H,3-5,12H2,1-2H3. The summed E-state index contributed by atoms with van der Waals surface area (Å²) in [5.74, 6) is 0.925. The molecule has 0 N–H and O–H groups in total. The van der Waals surface area contributed by atoms with E-state index in [1.165, 1.54) is 12.4 Å². The number of nitriles is 1. The lowest BCUT2D eigenvalue weighted by Gasteiger charge is -2.09. The van der Waals surface area contributed by atoms with E-state index in [2.05, 4.69) is 33.7 Å². The Morgan fingerprint density at radius 2 is 1.91 bits per heavy atom. The van der Waals surface area contributed by atoms with Crippen LogP contribution in [-0.2, 0) is 6.54 Å². The van der Waals surface area contributed by atoms with Crippen LogP contribution >= 0.6 is 0 Å². The van der Waals surface area contributed by atoms with E-state index in [0.717, 1.165) is 58.9 Å². The number of hydrogen-bond donors (Lipinski definition) is 0. The average molecular weight is 465 g/mol. The zero-order valence-corrected chi connectivity index (χ0v) is 19.6. The van der Waals surface area contributed by atoms with E-state index < -0.39 is 5.63 Å². The zero-order chi connectivity index (χ0) is 24.4. The fourth-order valence-electron chi connectivity index (χ4n) is 4.30. The molecule has 3 aromatic heterocycles. The van der Waals surface area contributed by atoms with E-state index in [9.17, 15) is 10.1 Å². The summed E-state index contributed by atoms with van der Waals surface area (Å²) in [4.78, 5) is 20.9. The highest BCUT2D eigenvalue weighted by atomic mass is 16.5. The van der Waals surface area contributed by atoms with Gasteiger partial charge in [-0.05, 0) is 48.7 Å². The smallest absolute Gasteiger partial charge is 0.336 e. The molecule has 2 aromatic carbocycles. The summed E-state index contributed by atoms with van der Waals surface area (Å²) in [6, 6.07) is 16.5. The summed E-state index contributed by atoms with van der Waals surface area (Å²) in [7, 11) is 0. The van der Waals surface area contributed by atoms with E-state index in [1.807, 2.05) is 31.2 Å². The molecule has 174 valence electrons. The van der Waals surface area contributed by atoms with Crippen molar-refractivity contribution < 1.29 is 9.15 Å². The van der Waals surface area contributed by atoms with Crippen LogP contribution in [0.1, 0.15) is 37.3 Å². The highest BCUT2D eigenvalue weighted by molar-refractivity contribution is 5.98. The molecule has 0 aliphatic carbocycles. The van der Waals surface area contributed by atoms with Crippen molar-refractivity contribution in [1.29, 1.82) is 5.26 Å². The van der Waals surface area contributed by atoms with Gasteiger partial charge in [-0.15, -0.1) is 0 Å². The van der Waals surface area contributed by atoms with Gasteiger partial charge in [0.1, 0.15) is 23.3 Å². The number of aromatic nitrogens is 3. The van der Waals surface area contributed by atoms with Gasteiger partial charge >= 0.3 is 5.63 Å². The molecule has 0 amide bonds. The number of hydrogen-bond acceptors (Lipinski definition) is 6. The van der Waals surface area contributed by atoms with Crippen molar-refractivity contribution in [2.75, 3.05) is 0 Å². The first-order valence-corrected chi connectivity index (χ1v) is 11.6. The van der Waals surface area contributed by atoms with Crippen LogP contribution in [-0.4, -0.2) is 14.5 Å². The Morgan fingerprint density at radius 3 is 2.69 bits per heavy atom. The van der Waals surface area contributed by atoms with E-state index in [-0.39, 0.29) is 0 Å². The summed E-state index contributed by atoms with van der Waals surface area (Å²) in [5, 5.41) is 10.8. The van der Waals surface area contributed by atoms with Gasteiger partial charge in [0.05, 0.1) is 17.0 Å². The molecule has 0 unspecified atom stereocenters. The van der Waals surface area contributed by atoms with Crippen molar-refractivity contribution in [3.8, 4) is 28.8 Å². The molecule has 0 fully saturated rings. The van der Waals surface area contributed by atoms with Gasteiger partial charge in [0.15, 0.2) is 0 Å². The second kappa shape index (κ2) is 9.43. The van der Waals surface area contributed by atoms with Gasteiger partial charge in [-0.25, -0.2) is 14.8 Å². The minimum Gasteiger partial charge on any atom is -0.438 e. The van der Waals surface area contributed by atoms with Crippen LogP contribution in [0.25, 0.3) is 33.1 Å². The second-order valence-corrected chi connectivity index (χ2v) is 8.52. The molecule has 0 saturated heterocycles. The minimum absolute atomic E-state index is 0.399. The molecule has 3 heterocycles. The first-order valence-electron chi connectivity index (χ1n) is 11.6. The Labute approximate surface area is 202 Å². The van der Waals surface area contributed by atoms with Gasteiger partial charge in [-0.2, -0.15) is 5.26 Å². The average Bonchev–Trinajstić information content (AvgIpc) is 3.23. The third kappa shape index (κ3) is 4.38. The highest BCUT2D eigenvalue weighted by Crippen LogP contribution is 2.37. The third-order valence-electron chi connectivity index (χ3n) is 6.08. The Morgan fingerprint density at radius 1 is 1.09 bits per heavy atom. The van der Waals surface area contributed by atoms with Gasteiger partial charge in [0.25, 0.3) is 0 Å². The van der Waals surface area contributed by atoms with Gasteiger partial charge in [-0.3, -0.25) is 0 Å². The first kappa shape index (κ1) is 22.4. The number of benzene rings is 2. The fraction of sp³-hybridized carbons (Fsp3) is 0.214. The van der Waals surface area contributed by atoms with Crippen LogP contribution in [0.3, 0.4) is 0 Å². The number of aryl methyl sites for hydroxylation is 2. The van der Waals surface area contributed by atoms with Crippen LogP contribution < -0.4 is 10.4 Å². The monoisotopic (exact) mass is 464 g/mol. The predicted octanol–water partition coefficient (Wildman–Crippen LogP) is 6.37. The number of unbranched alkanes of at least 4 members (excludes halogenated alkanes) is 2. The molecular formula is C28H24N4O3. The molecule has 7 nitrogen and oxygen atoms in total. The van der Waals surface area contributed by atoms with Crippen molar-refractivity contribution >= 4 is 22.0 Å². The first-order chi connectivity index (χ1) is 17.1. The van der Waals surface area contributed by atoms with Crippen molar-refractivity contribution in [1.82, 2.24) is 14.5 Å². The number of nitrogens with zero attached hydrogens (tertiary/aromatic N) is 4. The summed E-state index contributed by atoms with van der Waals surface area (Å²) in [5.41, 5.74) is 4.17. The van der Waals surface area contributed by atoms with Crippen molar-refractivity contribution in [3.05, 3.63) is 82.6 Å². The lowest BCUT2D eigenvalue weighted by atomic mass is 10.0. The van der Waals surface area contributed by atoms with E-state index in [4.69, 9.17) is 9.15 Å². The maximum absolute atomic E-state index is 11.9. The molecule has 0 aliphatic rings. The third-order valence-corrected chi connectivity index (χ3v) is 6.08. The summed E-state index contributed by atoms with van der Waals surface area (Å²) >= 11 is 0. The largest absolute Gasteiger partial charge is 0.438 e. The van der Waals surface area contributed by atoms with Gasteiger partial charge < -0.3 is 13.7 Å². The van der Waals surface area contributed by atoms with Crippen LogP contribution in [0.5, 0.6) is 11.6 Å². The Hall–Kier alpha value is -4.44. The fourth-order valence-corrected chi connectivity index (χ4v) is 4.30. The minimum atomic E-state index is -0.399. The van der Waals surface area contributed by atoms with Crippen molar-refractivity contribution in [2.45, 2.75) is 39.7 Å². The van der Waals surface area contributed by atoms with Gasteiger partial charge in [0.2, 0.25) is 5.88 Å². The van der Waals surface area contributed by atoms with Crippen LogP contribution in [0.2, 0.25) is 0 Å². The molecule has 7 heteroatoms. The lowest BCUT2D eigenvalue weighted by Crippen LogP contribution is -1.99. The molecule has 0 aliphatic heterocycles. The van der Waals surface area contributed by atoms with E-state index in [1.54, 1.807) is 18.2 Å². The van der Waals surface area contributed by atoms with Crippen molar-refractivity contribution in [2.24, 2.45) is 0 Å². The molecule has 5 rings (SSSR count). The molecule has 35 heavy (non-hydrogen) atoms. The van der Waals surface area contributed by atoms with Crippen molar-refractivity contribution in [3.63, 3.8) is 0 Å². The summed E-state index contributed by atoms with van der Waals surface area (Å²) in [6.07, 6.45) is 6.87. The topological polar surface area (TPSA) is 93.9 Å². The molecule has 0 radical (unpaired) electrons. The maximum Gasteiger partial charge on any atom is 0.336 e. The Balaban J connectivity index is 1.63. The van der Waals surface area contributed by atoms with Crippen LogP contribution in [0.4, 0.5) is 0 Å². The van der Waals surface area contributed by atoms with Gasteiger partial charge in [0, 0.05) is 35.8 Å². The SMILES string of the molecule is CCCCCn1cc(-c2ccc(C#N)cc2)c2c(Oc3ccc4c(C)cc(=O)oc4c3)ncnc21. The highest BCUT2D eigenvalue weighted by Gasteiger charge is 2.18. The number of rotatable bonds is 7. The van der Waals surface area contributed by atoms with E-state index >= 15 is 0 Å². The predicted molar refractivity (Wildman–Crippen MR) is 134 cm³/mol. The number of ether oxygens (including phenoxy) is 1. The maximum atomic E-state index is 11.9. The molecule has 0 spiro atoms. The van der Waals surface area contributed by atoms with Gasteiger partial charge in [-0.1, -0.05) is 31.9 Å². The molecule has 5 aromatic rings. The van der Waals surface area contributed by atoms with E-state index in [0.29, 0.717) is 22.8 Å². The molecular weight excluding hydrogens is 440 g/mol.